The molecular formula is C20H22N2OS. The van der Waals surface area contributed by atoms with Crippen LogP contribution in [0, 0.1) is 0 Å². The molecule has 4 heteroatoms. The molecule has 0 spiro atoms. The molecule has 3 aromatic rings. The monoisotopic (exact) mass is 338 g/mol. The molecule has 1 atom stereocenters. The molecule has 0 aliphatic rings. The number of aliphatic hydroxyl groups excluding tert-OH is 1. The van der Waals surface area contributed by atoms with Gasteiger partial charge in [0.2, 0.25) is 0 Å². The molecule has 0 bridgehead atoms. The Labute approximate surface area is 147 Å². The van der Waals surface area contributed by atoms with E-state index in [0.29, 0.717) is 0 Å². The predicted molar refractivity (Wildman–Crippen MR) is 98.0 cm³/mol. The Hall–Kier alpha value is -2.04. The van der Waals surface area contributed by atoms with Crippen LogP contribution < -0.4 is 0 Å². The maximum Gasteiger partial charge on any atom is 0.0945 e. The van der Waals surface area contributed by atoms with Gasteiger partial charge in [-0.3, -0.25) is 0 Å². The van der Waals surface area contributed by atoms with Crippen molar-refractivity contribution in [1.29, 1.82) is 0 Å². The summed E-state index contributed by atoms with van der Waals surface area (Å²) in [5.74, 6) is 0. The highest BCUT2D eigenvalue weighted by Crippen LogP contribution is 2.29. The highest BCUT2D eigenvalue weighted by molar-refractivity contribution is 7.99. The summed E-state index contributed by atoms with van der Waals surface area (Å²) in [6.45, 7) is 0.958. The first-order valence-electron chi connectivity index (χ1n) is 8.28. The summed E-state index contributed by atoms with van der Waals surface area (Å²) >= 11 is 1.74. The topological polar surface area (TPSA) is 38.0 Å². The maximum absolute atomic E-state index is 10.3. The number of hydrogen-bond donors (Lipinski definition) is 1. The minimum atomic E-state index is -0.386. The van der Waals surface area contributed by atoms with E-state index in [4.69, 9.17) is 0 Å². The quantitative estimate of drug-likeness (QED) is 0.591. The fraction of sp³-hybridized carbons (Fsp3) is 0.250. The molecule has 0 saturated carbocycles. The standard InChI is InChI=1S/C20H22N2OS/c23-20(8-4-5-14-22-15-13-21-16-22)17-9-11-19(12-10-17)24-18-6-2-1-3-7-18/h1-3,6-7,9-13,15-16,20,23H,4-5,8,14H2. The number of unbranched alkanes of at least 4 members (excludes halogenated alkanes) is 1. The van der Waals surface area contributed by atoms with Crippen molar-refractivity contribution in [3.8, 4) is 0 Å². The van der Waals surface area contributed by atoms with Gasteiger partial charge in [-0.25, -0.2) is 4.98 Å². The van der Waals surface area contributed by atoms with Gasteiger partial charge in [-0.1, -0.05) is 42.1 Å². The zero-order chi connectivity index (χ0) is 16.6. The first-order valence-corrected chi connectivity index (χ1v) is 9.09. The third-order valence-electron chi connectivity index (χ3n) is 3.95. The highest BCUT2D eigenvalue weighted by Gasteiger charge is 2.07. The molecule has 124 valence electrons. The van der Waals surface area contributed by atoms with Gasteiger partial charge in [-0.05, 0) is 49.1 Å². The smallest absolute Gasteiger partial charge is 0.0945 e. The van der Waals surface area contributed by atoms with Crippen molar-refractivity contribution in [2.45, 2.75) is 41.7 Å². The molecule has 1 aromatic heterocycles. The molecule has 1 unspecified atom stereocenters. The van der Waals surface area contributed by atoms with Crippen molar-refractivity contribution in [3.63, 3.8) is 0 Å². The van der Waals surface area contributed by atoms with Crippen molar-refractivity contribution in [3.05, 3.63) is 78.9 Å². The second-order valence-electron chi connectivity index (χ2n) is 5.80. The Morgan fingerprint density at radius 1 is 0.958 bits per heavy atom. The van der Waals surface area contributed by atoms with Gasteiger partial charge >= 0.3 is 0 Å². The molecule has 1 heterocycles. The van der Waals surface area contributed by atoms with Crippen molar-refractivity contribution in [1.82, 2.24) is 9.55 Å². The van der Waals surface area contributed by atoms with Crippen molar-refractivity contribution in [2.75, 3.05) is 0 Å². The highest BCUT2D eigenvalue weighted by atomic mass is 32.2. The van der Waals surface area contributed by atoms with E-state index in [0.717, 1.165) is 31.4 Å². The van der Waals surface area contributed by atoms with Crippen LogP contribution in [0.5, 0.6) is 0 Å². The molecule has 3 rings (SSSR count). The van der Waals surface area contributed by atoms with E-state index >= 15 is 0 Å². The lowest BCUT2D eigenvalue weighted by atomic mass is 10.0. The Balaban J connectivity index is 1.45. The minimum absolute atomic E-state index is 0.386. The van der Waals surface area contributed by atoms with Crippen LogP contribution in [-0.2, 0) is 6.54 Å². The van der Waals surface area contributed by atoms with Gasteiger partial charge in [0.05, 0.1) is 12.4 Å². The van der Waals surface area contributed by atoms with Crippen molar-refractivity contribution < 1.29 is 5.11 Å². The van der Waals surface area contributed by atoms with E-state index in [1.54, 1.807) is 18.0 Å². The first-order chi connectivity index (χ1) is 11.8. The average Bonchev–Trinajstić information content (AvgIpc) is 3.13. The average molecular weight is 338 g/mol. The van der Waals surface area contributed by atoms with Crippen molar-refractivity contribution in [2.24, 2.45) is 0 Å². The van der Waals surface area contributed by atoms with Crippen LogP contribution in [-0.4, -0.2) is 14.7 Å². The van der Waals surface area contributed by atoms with E-state index in [1.807, 2.05) is 42.9 Å². The normalized spacial score (nSPS) is 12.2. The largest absolute Gasteiger partial charge is 0.388 e. The lowest BCUT2D eigenvalue weighted by molar-refractivity contribution is 0.163. The molecule has 0 aliphatic heterocycles. The Kier molecular flexibility index (Phi) is 6.10. The van der Waals surface area contributed by atoms with Crippen LogP contribution in [0.4, 0.5) is 0 Å². The Bertz CT molecular complexity index is 711. The van der Waals surface area contributed by atoms with Gasteiger partial charge in [0.15, 0.2) is 0 Å². The van der Waals surface area contributed by atoms with Crippen LogP contribution in [0.3, 0.4) is 0 Å². The van der Waals surface area contributed by atoms with Gasteiger partial charge in [-0.15, -0.1) is 0 Å². The minimum Gasteiger partial charge on any atom is -0.388 e. The molecule has 0 fully saturated rings. The zero-order valence-corrected chi connectivity index (χ0v) is 14.4. The third kappa shape index (κ3) is 4.98. The lowest BCUT2D eigenvalue weighted by Crippen LogP contribution is -1.99. The number of aliphatic hydroxyl groups is 1. The molecule has 2 aromatic carbocycles. The number of benzene rings is 2. The van der Waals surface area contributed by atoms with Gasteiger partial charge in [-0.2, -0.15) is 0 Å². The van der Waals surface area contributed by atoms with Crippen LogP contribution >= 0.6 is 11.8 Å². The fourth-order valence-corrected chi connectivity index (χ4v) is 3.44. The van der Waals surface area contributed by atoms with E-state index < -0.39 is 0 Å². The van der Waals surface area contributed by atoms with Crippen LogP contribution in [0.25, 0.3) is 0 Å². The van der Waals surface area contributed by atoms with Gasteiger partial charge in [0.25, 0.3) is 0 Å². The zero-order valence-electron chi connectivity index (χ0n) is 13.6. The molecule has 24 heavy (non-hydrogen) atoms. The molecule has 0 amide bonds. The van der Waals surface area contributed by atoms with Gasteiger partial charge in [0.1, 0.15) is 0 Å². The summed E-state index contributed by atoms with van der Waals surface area (Å²) in [4.78, 5) is 6.45. The van der Waals surface area contributed by atoms with Crippen LogP contribution in [0.15, 0.2) is 83.1 Å². The first kappa shape index (κ1) is 16.8. The van der Waals surface area contributed by atoms with Gasteiger partial charge in [0, 0.05) is 28.7 Å². The number of hydrogen-bond acceptors (Lipinski definition) is 3. The summed E-state index contributed by atoms with van der Waals surface area (Å²) in [7, 11) is 0. The summed E-state index contributed by atoms with van der Waals surface area (Å²) in [6.07, 6.45) is 8.06. The van der Waals surface area contributed by atoms with Gasteiger partial charge < -0.3 is 9.67 Å². The second-order valence-corrected chi connectivity index (χ2v) is 6.94. The number of aryl methyl sites for hydroxylation is 1. The number of nitrogens with zero attached hydrogens (tertiary/aromatic N) is 2. The van der Waals surface area contributed by atoms with Crippen LogP contribution in [0.1, 0.15) is 30.9 Å². The SMILES string of the molecule is OC(CCCCn1ccnc1)c1ccc(Sc2ccccc2)cc1. The Morgan fingerprint density at radius 2 is 1.71 bits per heavy atom. The number of aromatic nitrogens is 2. The molecule has 0 saturated heterocycles. The maximum atomic E-state index is 10.3. The molecule has 0 aliphatic carbocycles. The van der Waals surface area contributed by atoms with E-state index in [2.05, 4.69) is 33.8 Å². The second kappa shape index (κ2) is 8.71. The van der Waals surface area contributed by atoms with E-state index in [1.165, 1.54) is 9.79 Å². The summed E-state index contributed by atoms with van der Waals surface area (Å²) < 4.78 is 2.07. The van der Waals surface area contributed by atoms with E-state index in [-0.39, 0.29) is 6.10 Å². The van der Waals surface area contributed by atoms with E-state index in [9.17, 15) is 5.11 Å². The molecule has 1 N–H and O–H groups in total. The van der Waals surface area contributed by atoms with Crippen LogP contribution in [0.2, 0.25) is 0 Å². The molecule has 3 nitrogen and oxygen atoms in total. The Morgan fingerprint density at radius 3 is 2.42 bits per heavy atom. The fourth-order valence-electron chi connectivity index (χ4n) is 2.60. The molecule has 0 radical (unpaired) electrons. The number of rotatable bonds is 8. The predicted octanol–water partition coefficient (Wildman–Crippen LogP) is 4.94. The summed E-state index contributed by atoms with van der Waals surface area (Å²) in [5.41, 5.74) is 0.995. The van der Waals surface area contributed by atoms with Crippen molar-refractivity contribution >= 4 is 11.8 Å². The molecular weight excluding hydrogens is 316 g/mol. The summed E-state index contributed by atoms with van der Waals surface area (Å²) in [6, 6.07) is 18.6. The third-order valence-corrected chi connectivity index (χ3v) is 4.96. The lowest BCUT2D eigenvalue weighted by Gasteiger charge is -2.12. The number of imidazole rings is 1. The summed E-state index contributed by atoms with van der Waals surface area (Å²) in [5, 5.41) is 10.3.